The van der Waals surface area contributed by atoms with E-state index in [1.807, 2.05) is 24.3 Å². The van der Waals surface area contributed by atoms with Crippen molar-refractivity contribution < 1.29 is 13.5 Å². The molecule has 0 unspecified atom stereocenters. The summed E-state index contributed by atoms with van der Waals surface area (Å²) in [4.78, 5) is 0.293. The summed E-state index contributed by atoms with van der Waals surface area (Å²) in [6.07, 6.45) is 3.93. The maximum absolute atomic E-state index is 13.6. The molecule has 1 fully saturated rings. The van der Waals surface area contributed by atoms with Crippen LogP contribution < -0.4 is 0 Å². The normalized spacial score (nSPS) is 17.6. The highest BCUT2D eigenvalue weighted by atomic mass is 35.5. The van der Waals surface area contributed by atoms with E-state index in [9.17, 15) is 13.5 Å². The molecular weight excluding hydrogens is 344 g/mol. The van der Waals surface area contributed by atoms with Gasteiger partial charge in [0.1, 0.15) is 4.75 Å². The molecular formula is C19H21ClO3S. The van der Waals surface area contributed by atoms with Crippen LogP contribution in [-0.4, -0.2) is 13.5 Å². The van der Waals surface area contributed by atoms with Gasteiger partial charge < -0.3 is 5.11 Å². The van der Waals surface area contributed by atoms with Gasteiger partial charge in [-0.25, -0.2) is 8.42 Å². The van der Waals surface area contributed by atoms with Crippen LogP contribution in [0, 0.1) is 0 Å². The highest BCUT2D eigenvalue weighted by molar-refractivity contribution is 7.92. The lowest BCUT2D eigenvalue weighted by atomic mass is 9.81. The molecule has 0 spiro atoms. The van der Waals surface area contributed by atoms with E-state index in [0.717, 1.165) is 24.8 Å². The van der Waals surface area contributed by atoms with E-state index in [0.29, 0.717) is 28.3 Å². The van der Waals surface area contributed by atoms with Gasteiger partial charge in [0, 0.05) is 5.02 Å². The summed E-state index contributed by atoms with van der Waals surface area (Å²) in [5.74, 6) is 0. The predicted octanol–water partition coefficient (Wildman–Crippen LogP) is 4.47. The fraction of sp³-hybridized carbons (Fsp3) is 0.368. The van der Waals surface area contributed by atoms with Crippen LogP contribution in [0.15, 0.2) is 53.4 Å². The third-order valence-corrected chi connectivity index (χ3v) is 7.78. The maximum atomic E-state index is 13.6. The minimum absolute atomic E-state index is 0.159. The first kappa shape index (κ1) is 17.5. The van der Waals surface area contributed by atoms with Gasteiger partial charge in [0.2, 0.25) is 0 Å². The molecule has 2 aromatic rings. The van der Waals surface area contributed by atoms with Crippen LogP contribution in [0.3, 0.4) is 0 Å². The molecule has 3 nitrogen and oxygen atoms in total. The zero-order chi connectivity index (χ0) is 17.2. The number of hydrogen-bond donors (Lipinski definition) is 1. The molecule has 0 saturated heterocycles. The quantitative estimate of drug-likeness (QED) is 0.871. The van der Waals surface area contributed by atoms with E-state index in [-0.39, 0.29) is 6.61 Å². The topological polar surface area (TPSA) is 54.4 Å². The Labute approximate surface area is 148 Å². The summed E-state index contributed by atoms with van der Waals surface area (Å²) < 4.78 is 26.2. The van der Waals surface area contributed by atoms with E-state index in [2.05, 4.69) is 0 Å². The van der Waals surface area contributed by atoms with Gasteiger partial charge in [-0.3, -0.25) is 0 Å². The highest BCUT2D eigenvalue weighted by Gasteiger charge is 2.47. The second-order valence-electron chi connectivity index (χ2n) is 6.33. The molecule has 0 aromatic heterocycles. The number of hydrogen-bond acceptors (Lipinski definition) is 3. The van der Waals surface area contributed by atoms with Crippen molar-refractivity contribution in [3.8, 4) is 0 Å². The molecule has 3 rings (SSSR count). The second-order valence-corrected chi connectivity index (χ2v) is 9.02. The summed E-state index contributed by atoms with van der Waals surface area (Å²) in [5, 5.41) is 10.2. The summed E-state index contributed by atoms with van der Waals surface area (Å²) in [5.41, 5.74) is 1.43. The van der Waals surface area contributed by atoms with Crippen molar-refractivity contribution in [3.63, 3.8) is 0 Å². The van der Waals surface area contributed by atoms with E-state index in [1.165, 1.54) is 0 Å². The van der Waals surface area contributed by atoms with Crippen molar-refractivity contribution in [1.82, 2.24) is 0 Å². The summed E-state index contributed by atoms with van der Waals surface area (Å²) in [6.45, 7) is -0.159. The molecule has 2 aromatic carbocycles. The third-order valence-electron chi connectivity index (χ3n) is 4.98. The Hall–Kier alpha value is -1.36. The third kappa shape index (κ3) is 2.87. The van der Waals surface area contributed by atoms with Crippen molar-refractivity contribution in [1.29, 1.82) is 0 Å². The van der Waals surface area contributed by atoms with Crippen molar-refractivity contribution in [3.05, 3.63) is 64.7 Å². The van der Waals surface area contributed by atoms with Gasteiger partial charge in [0.25, 0.3) is 0 Å². The zero-order valence-electron chi connectivity index (χ0n) is 13.4. The first-order valence-electron chi connectivity index (χ1n) is 8.21. The largest absolute Gasteiger partial charge is 0.392 e. The monoisotopic (exact) mass is 364 g/mol. The summed E-state index contributed by atoms with van der Waals surface area (Å²) in [7, 11) is -3.60. The van der Waals surface area contributed by atoms with Gasteiger partial charge in [-0.2, -0.15) is 0 Å². The van der Waals surface area contributed by atoms with Crippen molar-refractivity contribution in [2.75, 3.05) is 0 Å². The highest BCUT2D eigenvalue weighted by Crippen LogP contribution is 2.48. The first-order chi connectivity index (χ1) is 11.5. The van der Waals surface area contributed by atoms with Gasteiger partial charge in [-0.05, 0) is 48.2 Å². The molecule has 1 saturated carbocycles. The molecule has 1 aliphatic rings. The molecule has 0 amide bonds. The Morgan fingerprint density at radius 3 is 2.21 bits per heavy atom. The zero-order valence-corrected chi connectivity index (χ0v) is 15.0. The van der Waals surface area contributed by atoms with E-state index in [4.69, 9.17) is 11.6 Å². The van der Waals surface area contributed by atoms with Gasteiger partial charge in [0.05, 0.1) is 11.5 Å². The van der Waals surface area contributed by atoms with Gasteiger partial charge in [0.15, 0.2) is 9.84 Å². The second kappa shape index (κ2) is 6.87. The van der Waals surface area contributed by atoms with Crippen LogP contribution in [-0.2, 0) is 21.2 Å². The molecule has 5 heteroatoms. The van der Waals surface area contributed by atoms with Crippen LogP contribution in [0.25, 0.3) is 0 Å². The van der Waals surface area contributed by atoms with Gasteiger partial charge in [-0.1, -0.05) is 55.1 Å². The molecule has 0 aliphatic heterocycles. The first-order valence-corrected chi connectivity index (χ1v) is 10.1. The van der Waals surface area contributed by atoms with Crippen LogP contribution in [0.2, 0.25) is 5.02 Å². The Kier molecular flexibility index (Phi) is 5.00. The Balaban J connectivity index is 2.21. The molecule has 0 atom stereocenters. The standard InChI is InChI=1S/C19H21ClO3S/c20-16-8-10-17(11-9-16)24(22,23)19(12-4-1-5-13-19)18-7-3-2-6-15(18)14-21/h2-3,6-11,21H,1,4-5,12-14H2. The van der Waals surface area contributed by atoms with Crippen LogP contribution in [0.5, 0.6) is 0 Å². The van der Waals surface area contributed by atoms with Gasteiger partial charge >= 0.3 is 0 Å². The Bertz CT molecular complexity index is 807. The fourth-order valence-electron chi connectivity index (χ4n) is 3.75. The van der Waals surface area contributed by atoms with Crippen LogP contribution in [0.4, 0.5) is 0 Å². The molecule has 128 valence electrons. The molecule has 24 heavy (non-hydrogen) atoms. The van der Waals surface area contributed by atoms with Crippen molar-refractivity contribution in [2.24, 2.45) is 0 Å². The smallest absolute Gasteiger partial charge is 0.188 e. The van der Waals surface area contributed by atoms with E-state index >= 15 is 0 Å². The fourth-order valence-corrected chi connectivity index (χ4v) is 6.13. The van der Waals surface area contributed by atoms with Crippen molar-refractivity contribution in [2.45, 2.75) is 48.4 Å². The number of benzene rings is 2. The number of halogens is 1. The van der Waals surface area contributed by atoms with Crippen LogP contribution >= 0.6 is 11.6 Å². The maximum Gasteiger partial charge on any atom is 0.188 e. The SMILES string of the molecule is O=S(=O)(c1ccc(Cl)cc1)C1(c2ccccc2CO)CCCCC1. The lowest BCUT2D eigenvalue weighted by Gasteiger charge is -2.38. The lowest BCUT2D eigenvalue weighted by Crippen LogP contribution is -2.39. The average molecular weight is 365 g/mol. The average Bonchev–Trinajstić information content (AvgIpc) is 2.62. The number of aliphatic hydroxyl groups excluding tert-OH is 1. The minimum atomic E-state index is -3.60. The van der Waals surface area contributed by atoms with E-state index < -0.39 is 14.6 Å². The molecule has 0 radical (unpaired) electrons. The van der Waals surface area contributed by atoms with Gasteiger partial charge in [-0.15, -0.1) is 0 Å². The van der Waals surface area contributed by atoms with Crippen LogP contribution in [0.1, 0.15) is 43.2 Å². The Morgan fingerprint density at radius 2 is 1.58 bits per heavy atom. The summed E-state index contributed by atoms with van der Waals surface area (Å²) >= 11 is 5.92. The number of aliphatic hydroxyl groups is 1. The molecule has 0 bridgehead atoms. The molecule has 1 aliphatic carbocycles. The summed E-state index contributed by atoms with van der Waals surface area (Å²) in [6, 6.07) is 13.7. The predicted molar refractivity (Wildman–Crippen MR) is 95.8 cm³/mol. The Morgan fingerprint density at radius 1 is 0.958 bits per heavy atom. The van der Waals surface area contributed by atoms with E-state index in [1.54, 1.807) is 24.3 Å². The molecule has 1 N–H and O–H groups in total. The lowest BCUT2D eigenvalue weighted by molar-refractivity contribution is 0.276. The molecule has 0 heterocycles. The number of sulfone groups is 1. The van der Waals surface area contributed by atoms with Crippen molar-refractivity contribution >= 4 is 21.4 Å². The minimum Gasteiger partial charge on any atom is -0.392 e. The number of rotatable bonds is 4.